The fourth-order valence-electron chi connectivity index (χ4n) is 2.99. The molecular weight excluding hydrogens is 358 g/mol. The number of hydrogen-bond acceptors (Lipinski definition) is 4. The predicted octanol–water partition coefficient (Wildman–Crippen LogP) is 2.70. The molecule has 0 atom stereocenters. The van der Waals surface area contributed by atoms with Gasteiger partial charge in [0.25, 0.3) is 0 Å². The molecule has 0 saturated heterocycles. The Hall–Kier alpha value is -0.630. The van der Waals surface area contributed by atoms with Crippen LogP contribution in [0, 0.1) is 5.92 Å². The van der Waals surface area contributed by atoms with Gasteiger partial charge in [0.2, 0.25) is 10.0 Å². The molecule has 1 aliphatic carbocycles. The highest BCUT2D eigenvalue weighted by Crippen LogP contribution is 2.29. The van der Waals surface area contributed by atoms with Crippen LogP contribution in [0.2, 0.25) is 5.02 Å². The van der Waals surface area contributed by atoms with Crippen LogP contribution in [0.15, 0.2) is 23.1 Å². The Kier molecular flexibility index (Phi) is 5.76. The van der Waals surface area contributed by atoms with Crippen LogP contribution in [0.5, 0.6) is 0 Å². The molecule has 130 valence electrons. The van der Waals surface area contributed by atoms with Crippen molar-refractivity contribution in [1.82, 2.24) is 4.31 Å². The molecule has 0 aromatic heterocycles. The number of sulfone groups is 1. The molecule has 5 nitrogen and oxygen atoms in total. The van der Waals surface area contributed by atoms with Crippen molar-refractivity contribution in [2.24, 2.45) is 5.92 Å². The molecule has 1 fully saturated rings. The number of hydrogen-bond donors (Lipinski definition) is 0. The molecule has 1 aliphatic rings. The maximum atomic E-state index is 12.9. The van der Waals surface area contributed by atoms with Crippen molar-refractivity contribution in [3.63, 3.8) is 0 Å². The Morgan fingerprint density at radius 1 is 1.17 bits per heavy atom. The van der Waals surface area contributed by atoms with Crippen molar-refractivity contribution < 1.29 is 16.8 Å². The third-order valence-corrected chi connectivity index (χ3v) is 7.10. The van der Waals surface area contributed by atoms with Crippen LogP contribution in [-0.2, 0) is 25.6 Å². The summed E-state index contributed by atoms with van der Waals surface area (Å²) < 4.78 is 50.2. The number of nitrogens with zero attached hydrogens (tertiary/aromatic N) is 1. The van der Waals surface area contributed by atoms with E-state index >= 15 is 0 Å². The minimum atomic E-state index is -3.77. The molecule has 2 rings (SSSR count). The van der Waals surface area contributed by atoms with Gasteiger partial charge >= 0.3 is 0 Å². The van der Waals surface area contributed by atoms with E-state index in [9.17, 15) is 16.8 Å². The standard InChI is InChI=1S/C15H22ClNO4S2/c1-17(10-12-5-3-4-6-12)23(20,21)15-9-14(16)8-7-13(15)11-22(2,18)19/h7-9,12H,3-6,10-11H2,1-2H3. The highest BCUT2D eigenvalue weighted by Gasteiger charge is 2.28. The average Bonchev–Trinajstić information content (AvgIpc) is 2.92. The van der Waals surface area contributed by atoms with Gasteiger partial charge in [-0.1, -0.05) is 30.5 Å². The number of sulfonamides is 1. The summed E-state index contributed by atoms with van der Waals surface area (Å²) in [5.74, 6) is 0.0445. The lowest BCUT2D eigenvalue weighted by Gasteiger charge is -2.22. The monoisotopic (exact) mass is 379 g/mol. The van der Waals surface area contributed by atoms with E-state index < -0.39 is 19.9 Å². The number of halogens is 1. The Bertz CT molecular complexity index is 769. The Labute approximate surface area is 143 Å². The maximum Gasteiger partial charge on any atom is 0.243 e. The molecule has 0 amide bonds. The lowest BCUT2D eigenvalue weighted by Crippen LogP contribution is -2.32. The van der Waals surface area contributed by atoms with E-state index in [1.807, 2.05) is 0 Å². The molecule has 8 heteroatoms. The van der Waals surface area contributed by atoms with Crippen molar-refractivity contribution in [2.45, 2.75) is 36.3 Å². The zero-order valence-corrected chi connectivity index (χ0v) is 15.7. The van der Waals surface area contributed by atoms with Crippen molar-refractivity contribution in [2.75, 3.05) is 19.8 Å². The summed E-state index contributed by atoms with van der Waals surface area (Å²) in [7, 11) is -5.57. The van der Waals surface area contributed by atoms with E-state index in [4.69, 9.17) is 11.6 Å². The van der Waals surface area contributed by atoms with Gasteiger partial charge in [0.1, 0.15) is 0 Å². The normalized spacial score (nSPS) is 17.0. The predicted molar refractivity (Wildman–Crippen MR) is 91.8 cm³/mol. The zero-order valence-electron chi connectivity index (χ0n) is 13.3. The first-order valence-corrected chi connectivity index (χ1v) is 11.4. The Morgan fingerprint density at radius 3 is 2.35 bits per heavy atom. The first kappa shape index (κ1) is 18.7. The highest BCUT2D eigenvalue weighted by molar-refractivity contribution is 7.90. The van der Waals surface area contributed by atoms with Gasteiger partial charge in [-0.2, -0.15) is 0 Å². The van der Waals surface area contributed by atoms with Gasteiger partial charge in [0.15, 0.2) is 9.84 Å². The molecule has 1 aromatic rings. The van der Waals surface area contributed by atoms with E-state index in [0.29, 0.717) is 12.5 Å². The van der Waals surface area contributed by atoms with E-state index in [2.05, 4.69) is 0 Å². The Balaban J connectivity index is 2.35. The van der Waals surface area contributed by atoms with Crippen LogP contribution < -0.4 is 0 Å². The van der Waals surface area contributed by atoms with E-state index in [0.717, 1.165) is 31.9 Å². The summed E-state index contributed by atoms with van der Waals surface area (Å²) in [4.78, 5) is -0.0177. The molecular formula is C15H22ClNO4S2. The van der Waals surface area contributed by atoms with Crippen molar-refractivity contribution >= 4 is 31.5 Å². The minimum Gasteiger partial charge on any atom is -0.229 e. The summed E-state index contributed by atoms with van der Waals surface area (Å²) in [6.07, 6.45) is 5.42. The molecule has 0 unspecified atom stereocenters. The van der Waals surface area contributed by atoms with E-state index in [1.54, 1.807) is 7.05 Å². The second-order valence-corrected chi connectivity index (χ2v) is 10.8. The number of rotatable bonds is 6. The van der Waals surface area contributed by atoms with Crippen LogP contribution in [0.3, 0.4) is 0 Å². The van der Waals surface area contributed by atoms with Crippen LogP contribution in [0.4, 0.5) is 0 Å². The van der Waals surface area contributed by atoms with Crippen LogP contribution >= 0.6 is 11.6 Å². The summed E-state index contributed by atoms with van der Waals surface area (Å²) in [5.41, 5.74) is 0.259. The lowest BCUT2D eigenvalue weighted by molar-refractivity contribution is 0.387. The van der Waals surface area contributed by atoms with Crippen molar-refractivity contribution in [3.05, 3.63) is 28.8 Å². The van der Waals surface area contributed by atoms with Gasteiger partial charge in [0.05, 0.1) is 10.6 Å². The summed E-state index contributed by atoms with van der Waals surface area (Å²) in [5, 5.41) is 0.273. The van der Waals surface area contributed by atoms with Gasteiger partial charge in [0, 0.05) is 24.9 Å². The molecule has 23 heavy (non-hydrogen) atoms. The zero-order chi connectivity index (χ0) is 17.3. The topological polar surface area (TPSA) is 71.5 Å². The molecule has 0 aliphatic heterocycles. The average molecular weight is 380 g/mol. The fourth-order valence-corrected chi connectivity index (χ4v) is 5.63. The van der Waals surface area contributed by atoms with Gasteiger partial charge in [-0.05, 0) is 36.5 Å². The summed E-state index contributed by atoms with van der Waals surface area (Å²) >= 11 is 5.94. The number of benzene rings is 1. The highest BCUT2D eigenvalue weighted by atomic mass is 35.5. The van der Waals surface area contributed by atoms with Crippen molar-refractivity contribution in [1.29, 1.82) is 0 Å². The second-order valence-electron chi connectivity index (χ2n) is 6.26. The van der Waals surface area contributed by atoms with E-state index in [-0.39, 0.29) is 21.2 Å². The SMILES string of the molecule is CN(CC1CCCC1)S(=O)(=O)c1cc(Cl)ccc1CS(C)(=O)=O. The molecule has 1 saturated carbocycles. The first-order chi connectivity index (χ1) is 10.6. The fraction of sp³-hybridized carbons (Fsp3) is 0.600. The molecule has 0 spiro atoms. The molecule has 0 radical (unpaired) electrons. The summed E-state index contributed by atoms with van der Waals surface area (Å²) in [6, 6.07) is 4.32. The lowest BCUT2D eigenvalue weighted by atomic mass is 10.1. The second kappa shape index (κ2) is 7.09. The van der Waals surface area contributed by atoms with E-state index in [1.165, 1.54) is 22.5 Å². The van der Waals surface area contributed by atoms with Crippen LogP contribution in [0.25, 0.3) is 0 Å². The Morgan fingerprint density at radius 2 is 1.78 bits per heavy atom. The first-order valence-electron chi connectivity index (χ1n) is 7.52. The van der Waals surface area contributed by atoms with Crippen molar-refractivity contribution in [3.8, 4) is 0 Å². The summed E-state index contributed by atoms with van der Waals surface area (Å²) in [6.45, 7) is 0.452. The molecule has 0 heterocycles. The molecule has 0 N–H and O–H groups in total. The van der Waals surface area contributed by atoms with Gasteiger partial charge in [-0.15, -0.1) is 0 Å². The van der Waals surface area contributed by atoms with Crippen LogP contribution in [0.1, 0.15) is 31.2 Å². The largest absolute Gasteiger partial charge is 0.243 e. The van der Waals surface area contributed by atoms with Gasteiger partial charge in [-0.25, -0.2) is 21.1 Å². The smallest absolute Gasteiger partial charge is 0.229 e. The quantitative estimate of drug-likeness (QED) is 0.761. The maximum absolute atomic E-state index is 12.9. The third-order valence-electron chi connectivity index (χ3n) is 4.13. The molecule has 1 aromatic carbocycles. The third kappa shape index (κ3) is 4.92. The van der Waals surface area contributed by atoms with Gasteiger partial charge in [-0.3, -0.25) is 0 Å². The molecule has 0 bridgehead atoms. The minimum absolute atomic E-state index is 0.0177. The van der Waals surface area contributed by atoms with Gasteiger partial charge < -0.3 is 0 Å². The van der Waals surface area contributed by atoms with Crippen LogP contribution in [-0.4, -0.2) is 41.0 Å².